The lowest BCUT2D eigenvalue weighted by Gasteiger charge is -2.19. The molecule has 198 valence electrons. The Morgan fingerprint density at radius 2 is 1.62 bits per heavy atom. The van der Waals surface area contributed by atoms with Crippen molar-refractivity contribution in [2.24, 2.45) is 10.8 Å². The second-order valence-corrected chi connectivity index (χ2v) is 11.9. The number of hydrogen-bond acceptors (Lipinski definition) is 7. The molecule has 0 atom stereocenters. The zero-order valence-electron chi connectivity index (χ0n) is 21.9. The molecule has 2 amide bonds. The van der Waals surface area contributed by atoms with E-state index < -0.39 is 5.91 Å². The van der Waals surface area contributed by atoms with Gasteiger partial charge in [-0.05, 0) is 55.0 Å². The van der Waals surface area contributed by atoms with Crippen molar-refractivity contribution in [2.45, 2.75) is 58.8 Å². The van der Waals surface area contributed by atoms with E-state index in [1.165, 1.54) is 16.9 Å². The average Bonchev–Trinajstić information content (AvgIpc) is 3.51. The van der Waals surface area contributed by atoms with Gasteiger partial charge in [-0.3, -0.25) is 9.59 Å². The highest BCUT2D eigenvalue weighted by molar-refractivity contribution is 7.16. The average molecular weight is 541 g/mol. The van der Waals surface area contributed by atoms with E-state index in [4.69, 9.17) is 5.73 Å². The summed E-state index contributed by atoms with van der Waals surface area (Å²) in [5.74, 6) is -0.450. The van der Waals surface area contributed by atoms with Gasteiger partial charge < -0.3 is 16.2 Å². The third-order valence-corrected chi connectivity index (χ3v) is 8.06. The molecule has 1 aromatic carbocycles. The molecule has 0 radical (unpaired) electrons. The number of amides is 2. The molecule has 0 saturated heterocycles. The summed E-state index contributed by atoms with van der Waals surface area (Å²) in [5, 5.41) is 19.7. The fourth-order valence-corrected chi connectivity index (χ4v) is 5.50. The number of benzene rings is 1. The Morgan fingerprint density at radius 3 is 2.27 bits per heavy atom. The molecular weight excluding hydrogens is 504 g/mol. The van der Waals surface area contributed by atoms with E-state index in [0.29, 0.717) is 34.1 Å². The lowest BCUT2D eigenvalue weighted by molar-refractivity contribution is 0.0951. The van der Waals surface area contributed by atoms with Crippen LogP contribution in [0.2, 0.25) is 0 Å². The predicted octanol–water partition coefficient (Wildman–Crippen LogP) is 5.88. The van der Waals surface area contributed by atoms with E-state index in [0.717, 1.165) is 47.5 Å². The number of hydrogen-bond donors (Lipinski definition) is 4. The minimum Gasteiger partial charge on any atom is -0.506 e. The van der Waals surface area contributed by atoms with Crippen molar-refractivity contribution in [3.8, 4) is 16.2 Å². The van der Waals surface area contributed by atoms with E-state index in [1.807, 2.05) is 17.5 Å². The maximum atomic E-state index is 12.6. The van der Waals surface area contributed by atoms with Gasteiger partial charge in [0, 0.05) is 11.9 Å². The first-order valence-electron chi connectivity index (χ1n) is 12.5. The van der Waals surface area contributed by atoms with E-state index in [1.54, 1.807) is 19.1 Å². The minimum absolute atomic E-state index is 0.0557. The van der Waals surface area contributed by atoms with E-state index in [9.17, 15) is 14.7 Å². The van der Waals surface area contributed by atoms with Gasteiger partial charge in [-0.2, -0.15) is 5.10 Å². The molecule has 3 rings (SSSR count). The quantitative estimate of drug-likeness (QED) is 0.138. The summed E-state index contributed by atoms with van der Waals surface area (Å²) in [6.07, 6.45) is 3.98. The Kier molecular flexibility index (Phi) is 10.0. The Bertz CT molecular complexity index is 1240. The van der Waals surface area contributed by atoms with Crippen LogP contribution >= 0.6 is 22.7 Å². The van der Waals surface area contributed by atoms with Crippen LogP contribution in [-0.4, -0.2) is 35.7 Å². The van der Waals surface area contributed by atoms with E-state index in [-0.39, 0.29) is 17.1 Å². The first-order valence-corrected chi connectivity index (χ1v) is 14.2. The van der Waals surface area contributed by atoms with Crippen molar-refractivity contribution >= 4 is 40.2 Å². The van der Waals surface area contributed by atoms with Gasteiger partial charge in [0.1, 0.15) is 5.75 Å². The van der Waals surface area contributed by atoms with Crippen molar-refractivity contribution in [3.63, 3.8) is 0 Å². The number of nitrogens with zero attached hydrogens (tertiary/aromatic N) is 1. The van der Waals surface area contributed by atoms with Crippen LogP contribution in [0, 0.1) is 0 Å². The number of aromatic hydroxyl groups is 1. The zero-order chi connectivity index (χ0) is 27.0. The van der Waals surface area contributed by atoms with Crippen LogP contribution in [-0.2, 0) is 5.41 Å². The van der Waals surface area contributed by atoms with Crippen molar-refractivity contribution in [2.75, 3.05) is 13.1 Å². The number of thiophene rings is 2. The van der Waals surface area contributed by atoms with Gasteiger partial charge in [0.05, 0.1) is 25.9 Å². The molecule has 7 nitrogen and oxygen atoms in total. The van der Waals surface area contributed by atoms with E-state index >= 15 is 0 Å². The van der Waals surface area contributed by atoms with Crippen LogP contribution in [0.15, 0.2) is 46.9 Å². The summed E-state index contributed by atoms with van der Waals surface area (Å²) in [7, 11) is 0. The van der Waals surface area contributed by atoms with Crippen molar-refractivity contribution < 1.29 is 14.7 Å². The normalized spacial score (nSPS) is 12.0. The van der Waals surface area contributed by atoms with Crippen molar-refractivity contribution in [3.05, 3.63) is 62.7 Å². The summed E-state index contributed by atoms with van der Waals surface area (Å²) >= 11 is 2.55. The number of carbonyl (C=O) groups is 2. The summed E-state index contributed by atoms with van der Waals surface area (Å²) in [6, 6.07) is 11.4. The molecule has 0 unspecified atom stereocenters. The molecule has 37 heavy (non-hydrogen) atoms. The van der Waals surface area contributed by atoms with Crippen LogP contribution in [0.4, 0.5) is 0 Å². The SMILES string of the molecule is C/C(=N\NC(=O)c1ccc(C(=O)NCCCCCCN)s1)c1csc(-c2ccc(C(C)(C)C)cc2)c1O. The van der Waals surface area contributed by atoms with Gasteiger partial charge in [0.25, 0.3) is 11.8 Å². The summed E-state index contributed by atoms with van der Waals surface area (Å²) in [5.41, 5.74) is 11.3. The highest BCUT2D eigenvalue weighted by Gasteiger charge is 2.18. The number of unbranched alkanes of at least 4 members (excludes halogenated alkanes) is 3. The topological polar surface area (TPSA) is 117 Å². The Morgan fingerprint density at radius 1 is 0.973 bits per heavy atom. The van der Waals surface area contributed by atoms with Gasteiger partial charge in [0.15, 0.2) is 0 Å². The van der Waals surface area contributed by atoms with Crippen molar-refractivity contribution in [1.82, 2.24) is 10.7 Å². The number of rotatable bonds is 11. The van der Waals surface area contributed by atoms with Crippen LogP contribution in [0.3, 0.4) is 0 Å². The first kappa shape index (κ1) is 28.6. The predicted molar refractivity (Wildman–Crippen MR) is 154 cm³/mol. The molecule has 0 aliphatic carbocycles. The second-order valence-electron chi connectivity index (χ2n) is 9.92. The first-order chi connectivity index (χ1) is 17.6. The summed E-state index contributed by atoms with van der Waals surface area (Å²) in [6.45, 7) is 9.51. The van der Waals surface area contributed by atoms with Gasteiger partial charge >= 0.3 is 0 Å². The summed E-state index contributed by atoms with van der Waals surface area (Å²) < 4.78 is 0. The molecule has 5 N–H and O–H groups in total. The molecule has 2 heterocycles. The zero-order valence-corrected chi connectivity index (χ0v) is 23.5. The highest BCUT2D eigenvalue weighted by atomic mass is 32.1. The largest absolute Gasteiger partial charge is 0.506 e. The maximum Gasteiger partial charge on any atom is 0.281 e. The molecule has 0 saturated carbocycles. The highest BCUT2D eigenvalue weighted by Crippen LogP contribution is 2.39. The van der Waals surface area contributed by atoms with Crippen LogP contribution in [0.1, 0.15) is 83.8 Å². The third-order valence-electron chi connectivity index (χ3n) is 5.96. The lowest BCUT2D eigenvalue weighted by Crippen LogP contribution is -2.23. The molecule has 2 aromatic heterocycles. The molecule has 0 fully saturated rings. The molecule has 3 aromatic rings. The number of carbonyl (C=O) groups excluding carboxylic acids is 2. The smallest absolute Gasteiger partial charge is 0.281 e. The maximum absolute atomic E-state index is 12.6. The van der Waals surface area contributed by atoms with Crippen molar-refractivity contribution in [1.29, 1.82) is 0 Å². The van der Waals surface area contributed by atoms with Gasteiger partial charge in [-0.1, -0.05) is 57.9 Å². The fourth-order valence-electron chi connectivity index (χ4n) is 3.68. The monoisotopic (exact) mass is 540 g/mol. The molecule has 0 spiro atoms. The van der Waals surface area contributed by atoms with Gasteiger partial charge in [-0.15, -0.1) is 22.7 Å². The number of nitrogens with two attached hydrogens (primary N) is 1. The standard InChI is InChI=1S/C28H36N4O3S2/c1-18(21-17-36-25(24(21)33)19-9-11-20(12-10-19)28(2,3)4)31-32-27(35)23-14-13-22(37-23)26(34)30-16-8-6-5-7-15-29/h9-14,17,33H,5-8,15-16,29H2,1-4H3,(H,30,34)(H,32,35)/b31-18+. The number of hydrazone groups is 1. The fraction of sp³-hybridized carbons (Fsp3) is 0.393. The van der Waals surface area contributed by atoms with Gasteiger partial charge in [-0.25, -0.2) is 5.43 Å². The Hall–Kier alpha value is -3.01. The lowest BCUT2D eigenvalue weighted by atomic mass is 9.86. The van der Waals surface area contributed by atoms with Gasteiger partial charge in [0.2, 0.25) is 0 Å². The number of nitrogens with one attached hydrogen (secondary N) is 2. The van der Waals surface area contributed by atoms with Crippen LogP contribution in [0.5, 0.6) is 5.75 Å². The second kappa shape index (κ2) is 13.0. The third kappa shape index (κ3) is 7.74. The Balaban J connectivity index is 1.58. The van der Waals surface area contributed by atoms with Crippen LogP contribution < -0.4 is 16.5 Å². The molecular formula is C28H36N4O3S2. The summed E-state index contributed by atoms with van der Waals surface area (Å²) in [4.78, 5) is 26.5. The van der Waals surface area contributed by atoms with E-state index in [2.05, 4.69) is 48.7 Å². The minimum atomic E-state index is -0.405. The van der Waals surface area contributed by atoms with Crippen LogP contribution in [0.25, 0.3) is 10.4 Å². The molecule has 0 bridgehead atoms. The Labute approximate surface area is 226 Å². The molecule has 0 aliphatic rings. The molecule has 0 aliphatic heterocycles. The molecule has 9 heteroatoms.